The summed E-state index contributed by atoms with van der Waals surface area (Å²) < 4.78 is 5.60. The molecule has 14 heteroatoms. The second-order valence-corrected chi connectivity index (χ2v) is 9.59. The molecule has 0 radical (unpaired) electrons. The summed E-state index contributed by atoms with van der Waals surface area (Å²) >= 11 is 0. The predicted octanol–water partition coefficient (Wildman–Crippen LogP) is 0.573. The molecule has 0 saturated carbocycles. The lowest BCUT2D eigenvalue weighted by Gasteiger charge is -2.17. The van der Waals surface area contributed by atoms with Gasteiger partial charge in [-0.05, 0) is 43.5 Å². The Bertz CT molecular complexity index is 1030. The molecule has 234 valence electrons. The van der Waals surface area contributed by atoms with E-state index in [4.69, 9.17) is 9.84 Å². The second-order valence-electron chi connectivity index (χ2n) is 9.59. The number of aliphatic hydroxyl groups excluding tert-OH is 1. The fourth-order valence-electron chi connectivity index (χ4n) is 3.79. The molecule has 0 bridgehead atoms. The van der Waals surface area contributed by atoms with E-state index in [0.717, 1.165) is 38.5 Å². The fourth-order valence-corrected chi connectivity index (χ4v) is 3.79. The largest absolute Gasteiger partial charge is 0.494 e. The third-order valence-electron chi connectivity index (χ3n) is 6.25. The van der Waals surface area contributed by atoms with E-state index in [1.807, 2.05) is 0 Å². The molecule has 42 heavy (non-hydrogen) atoms. The summed E-state index contributed by atoms with van der Waals surface area (Å²) in [5, 5.41) is 36.9. The molecule has 0 fully saturated rings. The summed E-state index contributed by atoms with van der Waals surface area (Å²) in [6.07, 6.45) is 5.80. The van der Waals surface area contributed by atoms with Crippen LogP contribution in [-0.2, 0) is 24.0 Å². The maximum Gasteiger partial charge on any atom is 0.335 e. The first kappa shape index (κ1) is 35.8. The first-order valence-electron chi connectivity index (χ1n) is 13.9. The van der Waals surface area contributed by atoms with Crippen molar-refractivity contribution in [3.8, 4) is 5.75 Å². The van der Waals surface area contributed by atoms with Crippen LogP contribution in [0.5, 0.6) is 5.75 Å². The van der Waals surface area contributed by atoms with Crippen molar-refractivity contribution in [2.24, 2.45) is 0 Å². The van der Waals surface area contributed by atoms with E-state index < -0.39 is 54.3 Å². The summed E-state index contributed by atoms with van der Waals surface area (Å²) in [5.74, 6) is -4.00. The smallest absolute Gasteiger partial charge is 0.335 e. The highest BCUT2D eigenvalue weighted by Crippen LogP contribution is 2.14. The maximum atomic E-state index is 12.2. The van der Waals surface area contributed by atoms with Gasteiger partial charge in [-0.2, -0.15) is 0 Å². The number of hydrogen-bond donors (Lipinski definition) is 7. The number of aliphatic hydroxyl groups is 1. The van der Waals surface area contributed by atoms with Gasteiger partial charge in [0.05, 0.1) is 25.3 Å². The van der Waals surface area contributed by atoms with Crippen molar-refractivity contribution in [1.29, 1.82) is 0 Å². The third kappa shape index (κ3) is 15.6. The van der Waals surface area contributed by atoms with Crippen molar-refractivity contribution in [2.45, 2.75) is 76.3 Å². The average molecular weight is 595 g/mol. The number of nitrogens with one attached hydrogen (secondary N) is 4. The zero-order chi connectivity index (χ0) is 31.3. The van der Waals surface area contributed by atoms with Gasteiger partial charge in [-0.3, -0.25) is 19.2 Å². The number of aliphatic carboxylic acids is 1. The van der Waals surface area contributed by atoms with Gasteiger partial charge in [0.15, 0.2) is 0 Å². The van der Waals surface area contributed by atoms with Crippen molar-refractivity contribution in [3.05, 3.63) is 29.8 Å². The molecule has 14 nitrogen and oxygen atoms in total. The maximum absolute atomic E-state index is 12.2. The summed E-state index contributed by atoms with van der Waals surface area (Å²) in [7, 11) is 1.38. The molecule has 7 N–H and O–H groups in total. The molecule has 0 saturated heterocycles. The minimum Gasteiger partial charge on any atom is -0.494 e. The molecule has 4 amide bonds. The highest BCUT2D eigenvalue weighted by atomic mass is 16.5. The minimum atomic E-state index is -1.31. The van der Waals surface area contributed by atoms with Crippen LogP contribution in [0.4, 0.5) is 0 Å². The van der Waals surface area contributed by atoms with E-state index in [-0.39, 0.29) is 31.4 Å². The van der Waals surface area contributed by atoms with Gasteiger partial charge in [0, 0.05) is 19.9 Å². The van der Waals surface area contributed by atoms with Crippen LogP contribution in [0.3, 0.4) is 0 Å². The summed E-state index contributed by atoms with van der Waals surface area (Å²) in [4.78, 5) is 70.0. The quantitative estimate of drug-likeness (QED) is 0.0925. The number of carbonyl (C=O) groups is 6. The molecule has 0 aliphatic heterocycles. The van der Waals surface area contributed by atoms with E-state index in [1.165, 1.54) is 19.2 Å². The highest BCUT2D eigenvalue weighted by molar-refractivity contribution is 5.91. The number of hydrogen-bond acceptors (Lipinski definition) is 8. The Morgan fingerprint density at radius 1 is 0.762 bits per heavy atom. The van der Waals surface area contributed by atoms with Gasteiger partial charge in [0.25, 0.3) is 0 Å². The zero-order valence-corrected chi connectivity index (χ0v) is 23.9. The van der Waals surface area contributed by atoms with Crippen molar-refractivity contribution < 1.29 is 48.8 Å². The topological polar surface area (TPSA) is 220 Å². The molecular weight excluding hydrogens is 552 g/mol. The van der Waals surface area contributed by atoms with Crippen LogP contribution in [0.2, 0.25) is 0 Å². The Labute approximate surface area is 244 Å². The minimum absolute atomic E-state index is 0.155. The Morgan fingerprint density at radius 2 is 1.33 bits per heavy atom. The Balaban J connectivity index is 2.18. The number of ether oxygens (including phenoxy) is 1. The zero-order valence-electron chi connectivity index (χ0n) is 23.9. The number of carboxylic acids is 2. The fraction of sp³-hybridized carbons (Fsp3) is 0.571. The molecule has 2 atom stereocenters. The normalized spacial score (nSPS) is 12.0. The first-order valence-corrected chi connectivity index (χ1v) is 13.9. The lowest BCUT2D eigenvalue weighted by Crippen LogP contribution is -2.51. The van der Waals surface area contributed by atoms with E-state index in [0.29, 0.717) is 18.8 Å². The van der Waals surface area contributed by atoms with Crippen molar-refractivity contribution in [3.63, 3.8) is 0 Å². The summed E-state index contributed by atoms with van der Waals surface area (Å²) in [5.41, 5.74) is 0.209. The van der Waals surface area contributed by atoms with Gasteiger partial charge in [-0.1, -0.05) is 32.1 Å². The number of carbonyl (C=O) groups excluding carboxylic acids is 4. The van der Waals surface area contributed by atoms with Crippen molar-refractivity contribution >= 4 is 35.6 Å². The predicted molar refractivity (Wildman–Crippen MR) is 151 cm³/mol. The van der Waals surface area contributed by atoms with Crippen LogP contribution in [-0.4, -0.2) is 89.8 Å². The van der Waals surface area contributed by atoms with Gasteiger partial charge in [0.2, 0.25) is 23.6 Å². The van der Waals surface area contributed by atoms with Gasteiger partial charge >= 0.3 is 11.9 Å². The van der Waals surface area contributed by atoms with E-state index in [9.17, 15) is 39.0 Å². The molecule has 0 aromatic heterocycles. The van der Waals surface area contributed by atoms with Gasteiger partial charge < -0.3 is 41.3 Å². The molecule has 0 spiro atoms. The molecule has 2 unspecified atom stereocenters. The average Bonchev–Trinajstić information content (AvgIpc) is 2.97. The molecular formula is C28H42N4O10. The number of aromatic carboxylic acids is 1. The monoisotopic (exact) mass is 594 g/mol. The van der Waals surface area contributed by atoms with Gasteiger partial charge in [0.1, 0.15) is 17.8 Å². The molecule has 1 aromatic carbocycles. The number of carboxylic acid groups (broad SMARTS) is 2. The Morgan fingerprint density at radius 3 is 1.90 bits per heavy atom. The van der Waals surface area contributed by atoms with E-state index >= 15 is 0 Å². The van der Waals surface area contributed by atoms with Crippen LogP contribution in [0.1, 0.15) is 74.6 Å². The summed E-state index contributed by atoms with van der Waals surface area (Å²) in [6, 6.07) is 3.66. The van der Waals surface area contributed by atoms with Crippen LogP contribution in [0, 0.1) is 0 Å². The van der Waals surface area contributed by atoms with Gasteiger partial charge in [-0.25, -0.2) is 9.59 Å². The number of likely N-dealkylation sites (N-methyl/N-ethyl adjacent to an activating group) is 1. The van der Waals surface area contributed by atoms with Crippen molar-refractivity contribution in [2.75, 3.05) is 26.8 Å². The van der Waals surface area contributed by atoms with Crippen molar-refractivity contribution in [1.82, 2.24) is 21.3 Å². The number of benzene rings is 1. The SMILES string of the molecule is CNC(=O)CNC(=O)C(CO)NC(=O)CCC(NC(=O)CCCCCCCCCOc1ccc(C(=O)O)cc1)C(=O)O. The van der Waals surface area contributed by atoms with Crippen LogP contribution >= 0.6 is 0 Å². The Kier molecular flexibility index (Phi) is 17.6. The first-order chi connectivity index (χ1) is 20.1. The summed E-state index contributed by atoms with van der Waals surface area (Å²) in [6.45, 7) is -0.513. The van der Waals surface area contributed by atoms with E-state index in [2.05, 4.69) is 21.3 Å². The highest BCUT2D eigenvalue weighted by Gasteiger charge is 2.24. The van der Waals surface area contributed by atoms with Crippen LogP contribution in [0.15, 0.2) is 24.3 Å². The lowest BCUT2D eigenvalue weighted by atomic mass is 10.1. The third-order valence-corrected chi connectivity index (χ3v) is 6.25. The molecule has 0 heterocycles. The number of unbranched alkanes of at least 4 members (excludes halogenated alkanes) is 6. The van der Waals surface area contributed by atoms with Crippen LogP contribution < -0.4 is 26.0 Å². The van der Waals surface area contributed by atoms with Crippen LogP contribution in [0.25, 0.3) is 0 Å². The Hall–Kier alpha value is -4.20. The molecule has 0 aliphatic carbocycles. The lowest BCUT2D eigenvalue weighted by molar-refractivity contribution is -0.142. The van der Waals surface area contributed by atoms with E-state index in [1.54, 1.807) is 12.1 Å². The standard InChI is InChI=1S/C28H42N4O10/c1-29-25(36)17-30-26(37)22(18-33)32-24(35)15-14-21(28(40)41)31-23(34)9-7-5-3-2-4-6-8-16-42-20-12-10-19(11-13-20)27(38)39/h10-13,21-22,33H,2-9,14-18H2,1H3,(H,29,36)(H,30,37)(H,31,34)(H,32,35)(H,38,39)(H,40,41). The van der Waals surface area contributed by atoms with Gasteiger partial charge in [-0.15, -0.1) is 0 Å². The second kappa shape index (κ2) is 20.6. The number of rotatable bonds is 22. The molecule has 0 aliphatic rings. The number of amides is 4. The molecule has 1 rings (SSSR count). The molecule has 1 aromatic rings.